The Morgan fingerprint density at radius 1 is 1.00 bits per heavy atom. The molecular formula is C19H19BrN4O. The zero-order valence-corrected chi connectivity index (χ0v) is 15.7. The van der Waals surface area contributed by atoms with Gasteiger partial charge in [-0.05, 0) is 52.7 Å². The highest BCUT2D eigenvalue weighted by Crippen LogP contribution is 2.25. The highest BCUT2D eigenvalue weighted by atomic mass is 79.9. The predicted octanol–water partition coefficient (Wildman–Crippen LogP) is 4.91. The molecule has 3 rings (SSSR count). The Morgan fingerprint density at radius 2 is 1.72 bits per heavy atom. The Balaban J connectivity index is 1.71. The summed E-state index contributed by atoms with van der Waals surface area (Å²) in [7, 11) is 1.66. The van der Waals surface area contributed by atoms with Crippen LogP contribution in [0.1, 0.15) is 11.4 Å². The van der Waals surface area contributed by atoms with Gasteiger partial charge in [0.15, 0.2) is 0 Å². The molecule has 0 atom stereocenters. The van der Waals surface area contributed by atoms with Gasteiger partial charge in [-0.3, -0.25) is 0 Å². The number of hydrogen-bond acceptors (Lipinski definition) is 5. The number of aromatic nitrogens is 2. The number of nitrogens with one attached hydrogen (secondary N) is 2. The van der Waals surface area contributed by atoms with Crippen LogP contribution < -0.4 is 15.4 Å². The van der Waals surface area contributed by atoms with Crippen LogP contribution in [0.5, 0.6) is 5.75 Å². The first-order valence-corrected chi connectivity index (χ1v) is 8.67. The van der Waals surface area contributed by atoms with E-state index in [0.717, 1.165) is 33.1 Å². The molecule has 0 aliphatic heterocycles. The topological polar surface area (TPSA) is 59.1 Å². The van der Waals surface area contributed by atoms with E-state index >= 15 is 0 Å². The fourth-order valence-electron chi connectivity index (χ4n) is 2.36. The monoisotopic (exact) mass is 398 g/mol. The molecule has 2 N–H and O–H groups in total. The van der Waals surface area contributed by atoms with Crippen LogP contribution in [0.4, 0.5) is 17.3 Å². The number of aryl methyl sites for hydroxylation is 1. The quantitative estimate of drug-likeness (QED) is 0.617. The van der Waals surface area contributed by atoms with E-state index in [2.05, 4.69) is 36.5 Å². The first-order valence-electron chi connectivity index (χ1n) is 7.88. The van der Waals surface area contributed by atoms with E-state index < -0.39 is 0 Å². The van der Waals surface area contributed by atoms with Crippen LogP contribution >= 0.6 is 15.9 Å². The molecule has 25 heavy (non-hydrogen) atoms. The summed E-state index contributed by atoms with van der Waals surface area (Å²) in [6.45, 7) is 2.55. The third kappa shape index (κ3) is 4.70. The molecule has 1 aromatic heterocycles. The average Bonchev–Trinajstić information content (AvgIpc) is 2.62. The van der Waals surface area contributed by atoms with Crippen molar-refractivity contribution in [2.75, 3.05) is 17.7 Å². The molecule has 3 aromatic rings. The van der Waals surface area contributed by atoms with Gasteiger partial charge in [0.1, 0.15) is 23.2 Å². The van der Waals surface area contributed by atoms with Crippen molar-refractivity contribution < 1.29 is 4.74 Å². The van der Waals surface area contributed by atoms with Crippen LogP contribution in [-0.2, 0) is 6.54 Å². The van der Waals surface area contributed by atoms with E-state index in [9.17, 15) is 0 Å². The standard InChI is InChI=1S/C19H19BrN4O/c1-13-22-18(21-12-14-7-9-15(25-2)10-8-14)11-19(23-13)24-17-6-4-3-5-16(17)20/h3-11H,12H2,1-2H3,(H2,21,22,23,24). The first-order chi connectivity index (χ1) is 12.1. The van der Waals surface area contributed by atoms with Crippen LogP contribution in [0.3, 0.4) is 0 Å². The Bertz CT molecular complexity index is 852. The number of benzene rings is 2. The highest BCUT2D eigenvalue weighted by Gasteiger charge is 2.05. The number of halogens is 1. The van der Waals surface area contributed by atoms with Crippen LogP contribution in [0.2, 0.25) is 0 Å². The van der Waals surface area contributed by atoms with Crippen molar-refractivity contribution in [1.82, 2.24) is 9.97 Å². The molecule has 128 valence electrons. The second kappa shape index (κ2) is 7.98. The average molecular weight is 399 g/mol. The molecule has 2 aromatic carbocycles. The number of ether oxygens (including phenoxy) is 1. The van der Waals surface area contributed by atoms with Crippen molar-refractivity contribution in [1.29, 1.82) is 0 Å². The molecule has 0 saturated heterocycles. The van der Waals surface area contributed by atoms with Crippen molar-refractivity contribution >= 4 is 33.3 Å². The van der Waals surface area contributed by atoms with E-state index in [0.29, 0.717) is 12.4 Å². The summed E-state index contributed by atoms with van der Waals surface area (Å²) in [6.07, 6.45) is 0. The van der Waals surface area contributed by atoms with E-state index in [1.807, 2.05) is 61.5 Å². The van der Waals surface area contributed by atoms with Gasteiger partial charge in [-0.15, -0.1) is 0 Å². The fraction of sp³-hybridized carbons (Fsp3) is 0.158. The zero-order chi connectivity index (χ0) is 17.6. The van der Waals surface area contributed by atoms with Gasteiger partial charge >= 0.3 is 0 Å². The van der Waals surface area contributed by atoms with Gasteiger partial charge in [0.2, 0.25) is 0 Å². The molecule has 0 spiro atoms. The van der Waals surface area contributed by atoms with Gasteiger partial charge in [0.25, 0.3) is 0 Å². The summed E-state index contributed by atoms with van der Waals surface area (Å²) in [5.74, 6) is 3.07. The van der Waals surface area contributed by atoms with Crippen LogP contribution in [0.25, 0.3) is 0 Å². The molecule has 5 nitrogen and oxygen atoms in total. The second-order valence-electron chi connectivity index (χ2n) is 5.49. The van der Waals surface area contributed by atoms with Gasteiger partial charge in [-0.25, -0.2) is 9.97 Å². The Hall–Kier alpha value is -2.60. The first kappa shape index (κ1) is 17.2. The van der Waals surface area contributed by atoms with E-state index in [1.54, 1.807) is 7.11 Å². The van der Waals surface area contributed by atoms with Crippen LogP contribution in [0.15, 0.2) is 59.1 Å². The van der Waals surface area contributed by atoms with Crippen molar-refractivity contribution in [3.63, 3.8) is 0 Å². The van der Waals surface area contributed by atoms with Gasteiger partial charge in [-0.2, -0.15) is 0 Å². The fourth-order valence-corrected chi connectivity index (χ4v) is 2.74. The van der Waals surface area contributed by atoms with E-state index in [4.69, 9.17) is 4.74 Å². The van der Waals surface area contributed by atoms with E-state index in [1.165, 1.54) is 0 Å². The van der Waals surface area contributed by atoms with Crippen molar-refractivity contribution in [3.8, 4) is 5.75 Å². The Labute approximate surface area is 155 Å². The molecule has 0 radical (unpaired) electrons. The van der Waals surface area contributed by atoms with Gasteiger partial charge in [-0.1, -0.05) is 24.3 Å². The van der Waals surface area contributed by atoms with Gasteiger partial charge in [0.05, 0.1) is 12.8 Å². The van der Waals surface area contributed by atoms with Crippen molar-refractivity contribution in [2.45, 2.75) is 13.5 Å². The predicted molar refractivity (Wildman–Crippen MR) is 105 cm³/mol. The number of anilines is 3. The van der Waals surface area contributed by atoms with Crippen LogP contribution in [-0.4, -0.2) is 17.1 Å². The molecule has 0 amide bonds. The molecule has 0 bridgehead atoms. The number of methoxy groups -OCH3 is 1. The number of hydrogen-bond donors (Lipinski definition) is 2. The largest absolute Gasteiger partial charge is 0.497 e. The normalized spacial score (nSPS) is 10.4. The Morgan fingerprint density at radius 3 is 2.44 bits per heavy atom. The minimum Gasteiger partial charge on any atom is -0.497 e. The minimum atomic E-state index is 0.676. The number of para-hydroxylation sites is 1. The molecule has 1 heterocycles. The lowest BCUT2D eigenvalue weighted by atomic mass is 10.2. The smallest absolute Gasteiger partial charge is 0.136 e. The summed E-state index contributed by atoms with van der Waals surface area (Å²) in [5, 5.41) is 6.65. The summed E-state index contributed by atoms with van der Waals surface area (Å²) >= 11 is 3.53. The summed E-state index contributed by atoms with van der Waals surface area (Å²) < 4.78 is 6.16. The molecule has 0 unspecified atom stereocenters. The molecule has 0 fully saturated rings. The zero-order valence-electron chi connectivity index (χ0n) is 14.1. The molecule has 0 saturated carbocycles. The van der Waals surface area contributed by atoms with Gasteiger partial charge < -0.3 is 15.4 Å². The third-order valence-electron chi connectivity index (χ3n) is 3.61. The lowest BCUT2D eigenvalue weighted by Crippen LogP contribution is -2.05. The second-order valence-corrected chi connectivity index (χ2v) is 6.35. The SMILES string of the molecule is COc1ccc(CNc2cc(Nc3ccccc3Br)nc(C)n2)cc1. The van der Waals surface area contributed by atoms with Gasteiger partial charge in [0, 0.05) is 17.1 Å². The van der Waals surface area contributed by atoms with Crippen LogP contribution in [0, 0.1) is 6.92 Å². The summed E-state index contributed by atoms with van der Waals surface area (Å²) in [5.41, 5.74) is 2.11. The number of nitrogens with zero attached hydrogens (tertiary/aromatic N) is 2. The maximum Gasteiger partial charge on any atom is 0.136 e. The highest BCUT2D eigenvalue weighted by molar-refractivity contribution is 9.10. The van der Waals surface area contributed by atoms with Crippen molar-refractivity contribution in [2.24, 2.45) is 0 Å². The molecular weight excluding hydrogens is 380 g/mol. The van der Waals surface area contributed by atoms with E-state index in [-0.39, 0.29) is 0 Å². The minimum absolute atomic E-state index is 0.676. The molecule has 6 heteroatoms. The van der Waals surface area contributed by atoms with Crippen molar-refractivity contribution in [3.05, 3.63) is 70.5 Å². The maximum absolute atomic E-state index is 5.18. The number of rotatable bonds is 6. The molecule has 0 aliphatic rings. The molecule has 0 aliphatic carbocycles. The Kier molecular flexibility index (Phi) is 5.50. The lowest BCUT2D eigenvalue weighted by Gasteiger charge is -2.11. The maximum atomic E-state index is 5.18. The summed E-state index contributed by atoms with van der Waals surface area (Å²) in [6, 6.07) is 17.8. The lowest BCUT2D eigenvalue weighted by molar-refractivity contribution is 0.414. The summed E-state index contributed by atoms with van der Waals surface area (Å²) in [4.78, 5) is 8.90. The third-order valence-corrected chi connectivity index (χ3v) is 4.30.